The number of aromatic nitrogens is 3. The Kier molecular flexibility index (Phi) is 3.77. The number of anilines is 1. The van der Waals surface area contributed by atoms with Crippen LogP contribution in [0.2, 0.25) is 5.02 Å². The van der Waals surface area contributed by atoms with Crippen LogP contribution in [0.4, 0.5) is 5.82 Å². The van der Waals surface area contributed by atoms with Gasteiger partial charge in [0.2, 0.25) is 0 Å². The quantitative estimate of drug-likeness (QED) is 0.629. The summed E-state index contributed by atoms with van der Waals surface area (Å²) in [7, 11) is 0. The SMILES string of the molecule is Cc1ccc(Cl)c(C2CCCN2c2ccn3ncc(Br)c3n2)c1. The zero-order valence-electron chi connectivity index (χ0n) is 12.7. The van der Waals surface area contributed by atoms with Gasteiger partial charge in [0.1, 0.15) is 5.82 Å². The van der Waals surface area contributed by atoms with Crippen molar-refractivity contribution in [3.05, 3.63) is 57.3 Å². The molecule has 1 unspecified atom stereocenters. The Bertz CT molecular complexity index is 876. The maximum atomic E-state index is 6.46. The lowest BCUT2D eigenvalue weighted by Crippen LogP contribution is -2.24. The van der Waals surface area contributed by atoms with E-state index in [9.17, 15) is 0 Å². The van der Waals surface area contributed by atoms with Gasteiger partial charge in [0.25, 0.3) is 0 Å². The second-order valence-electron chi connectivity index (χ2n) is 5.92. The summed E-state index contributed by atoms with van der Waals surface area (Å²) in [6, 6.07) is 8.54. The first-order valence-corrected chi connectivity index (χ1v) is 8.83. The zero-order chi connectivity index (χ0) is 16.0. The lowest BCUT2D eigenvalue weighted by molar-refractivity contribution is 0.710. The summed E-state index contributed by atoms with van der Waals surface area (Å²) in [5.74, 6) is 0.971. The van der Waals surface area contributed by atoms with Crippen LogP contribution < -0.4 is 4.90 Å². The van der Waals surface area contributed by atoms with Crippen LogP contribution in [0.3, 0.4) is 0 Å². The van der Waals surface area contributed by atoms with Crippen LogP contribution >= 0.6 is 27.5 Å². The monoisotopic (exact) mass is 390 g/mol. The van der Waals surface area contributed by atoms with Gasteiger partial charge >= 0.3 is 0 Å². The molecule has 23 heavy (non-hydrogen) atoms. The molecular weight excluding hydrogens is 376 g/mol. The Labute approximate surface area is 148 Å². The van der Waals surface area contributed by atoms with Gasteiger partial charge in [-0.25, -0.2) is 9.50 Å². The summed E-state index contributed by atoms with van der Waals surface area (Å²) in [6.45, 7) is 3.09. The van der Waals surface area contributed by atoms with Crippen molar-refractivity contribution in [2.45, 2.75) is 25.8 Å². The number of halogens is 2. The lowest BCUT2D eigenvalue weighted by Gasteiger charge is -2.27. The van der Waals surface area contributed by atoms with Gasteiger partial charge in [-0.3, -0.25) is 0 Å². The Balaban J connectivity index is 1.76. The van der Waals surface area contributed by atoms with Crippen LogP contribution in [0.1, 0.15) is 30.0 Å². The minimum Gasteiger partial charge on any atom is -0.349 e. The fourth-order valence-electron chi connectivity index (χ4n) is 3.27. The molecule has 0 radical (unpaired) electrons. The molecule has 4 rings (SSSR count). The molecule has 2 aromatic heterocycles. The Morgan fingerprint density at radius 2 is 2.17 bits per heavy atom. The molecule has 0 bridgehead atoms. The fourth-order valence-corrected chi connectivity index (χ4v) is 3.88. The molecule has 0 saturated carbocycles. The average Bonchev–Trinajstić information content (AvgIpc) is 3.17. The number of hydrogen-bond donors (Lipinski definition) is 0. The molecule has 1 aliphatic rings. The van der Waals surface area contributed by atoms with Crippen LogP contribution in [0.25, 0.3) is 5.65 Å². The van der Waals surface area contributed by atoms with Gasteiger partial charge in [0.15, 0.2) is 5.65 Å². The molecule has 3 aromatic rings. The molecule has 1 fully saturated rings. The first-order chi connectivity index (χ1) is 11.1. The third kappa shape index (κ3) is 2.62. The Morgan fingerprint density at radius 3 is 3.04 bits per heavy atom. The molecule has 1 atom stereocenters. The smallest absolute Gasteiger partial charge is 0.171 e. The van der Waals surface area contributed by atoms with E-state index in [-0.39, 0.29) is 6.04 Å². The standard InChI is InChI=1S/C17H16BrClN4/c1-11-4-5-14(19)12(9-11)15-3-2-7-22(15)16-6-8-23-17(21-16)13(18)10-20-23/h4-6,8-10,15H,2-3,7H2,1H3. The number of fused-ring (bicyclic) bond motifs is 1. The highest BCUT2D eigenvalue weighted by molar-refractivity contribution is 9.10. The Hall–Kier alpha value is -1.59. The molecule has 118 valence electrons. The molecule has 0 spiro atoms. The highest BCUT2D eigenvalue weighted by Crippen LogP contribution is 2.38. The molecule has 1 aliphatic heterocycles. The normalized spacial score (nSPS) is 18.0. The van der Waals surface area contributed by atoms with E-state index in [1.807, 2.05) is 18.3 Å². The maximum absolute atomic E-state index is 6.46. The van der Waals surface area contributed by atoms with Crippen LogP contribution in [0.15, 0.2) is 41.1 Å². The molecule has 1 saturated heterocycles. The number of nitrogens with zero attached hydrogens (tertiary/aromatic N) is 4. The maximum Gasteiger partial charge on any atom is 0.171 e. The van der Waals surface area contributed by atoms with E-state index in [1.165, 1.54) is 11.1 Å². The van der Waals surface area contributed by atoms with E-state index in [1.54, 1.807) is 10.7 Å². The highest BCUT2D eigenvalue weighted by atomic mass is 79.9. The number of aryl methyl sites for hydroxylation is 1. The van der Waals surface area contributed by atoms with Crippen LogP contribution in [0, 0.1) is 6.92 Å². The van der Waals surface area contributed by atoms with Gasteiger partial charge in [-0.05, 0) is 53.4 Å². The largest absolute Gasteiger partial charge is 0.349 e. The summed E-state index contributed by atoms with van der Waals surface area (Å²) in [5.41, 5.74) is 3.26. The second kappa shape index (κ2) is 5.80. The molecule has 4 nitrogen and oxygen atoms in total. The Morgan fingerprint density at radius 1 is 1.30 bits per heavy atom. The van der Waals surface area contributed by atoms with Crippen LogP contribution in [0.5, 0.6) is 0 Å². The minimum absolute atomic E-state index is 0.277. The summed E-state index contributed by atoms with van der Waals surface area (Å²) in [4.78, 5) is 7.13. The first kappa shape index (κ1) is 15.0. The van der Waals surface area contributed by atoms with Crippen LogP contribution in [-0.2, 0) is 0 Å². The predicted octanol–water partition coefficient (Wildman–Crippen LogP) is 4.80. The molecule has 0 aliphatic carbocycles. The first-order valence-electron chi connectivity index (χ1n) is 7.66. The van der Waals surface area contributed by atoms with E-state index in [0.717, 1.165) is 40.3 Å². The molecule has 1 aromatic carbocycles. The average molecular weight is 392 g/mol. The lowest BCUT2D eigenvalue weighted by atomic mass is 10.0. The van der Waals surface area contributed by atoms with Crippen molar-refractivity contribution in [3.63, 3.8) is 0 Å². The van der Waals surface area contributed by atoms with Crippen molar-refractivity contribution in [2.24, 2.45) is 0 Å². The van der Waals surface area contributed by atoms with Gasteiger partial charge in [-0.15, -0.1) is 0 Å². The highest BCUT2D eigenvalue weighted by Gasteiger charge is 2.29. The zero-order valence-corrected chi connectivity index (χ0v) is 15.0. The van der Waals surface area contributed by atoms with Crippen molar-refractivity contribution in [1.82, 2.24) is 14.6 Å². The summed E-state index contributed by atoms with van der Waals surface area (Å²) in [5, 5.41) is 5.09. The van der Waals surface area contributed by atoms with E-state index < -0.39 is 0 Å². The van der Waals surface area contributed by atoms with Gasteiger partial charge in [-0.2, -0.15) is 5.10 Å². The molecule has 3 heterocycles. The van der Waals surface area contributed by atoms with Crippen molar-refractivity contribution in [1.29, 1.82) is 0 Å². The molecule has 0 amide bonds. The fraction of sp³-hybridized carbons (Fsp3) is 0.294. The van der Waals surface area contributed by atoms with Gasteiger partial charge < -0.3 is 4.90 Å². The summed E-state index contributed by atoms with van der Waals surface area (Å²) >= 11 is 9.97. The third-order valence-corrected chi connectivity index (χ3v) is 5.27. The van der Waals surface area contributed by atoms with E-state index in [4.69, 9.17) is 16.6 Å². The number of hydrogen-bond acceptors (Lipinski definition) is 3. The van der Waals surface area contributed by atoms with Crippen molar-refractivity contribution >= 4 is 39.0 Å². The van der Waals surface area contributed by atoms with Gasteiger partial charge in [0.05, 0.1) is 16.7 Å². The number of rotatable bonds is 2. The van der Waals surface area contributed by atoms with Gasteiger partial charge in [0, 0.05) is 17.8 Å². The second-order valence-corrected chi connectivity index (χ2v) is 7.18. The van der Waals surface area contributed by atoms with E-state index >= 15 is 0 Å². The van der Waals surface area contributed by atoms with Crippen molar-refractivity contribution < 1.29 is 0 Å². The topological polar surface area (TPSA) is 33.4 Å². The van der Waals surface area contributed by atoms with Crippen molar-refractivity contribution in [3.8, 4) is 0 Å². The number of benzene rings is 1. The van der Waals surface area contributed by atoms with E-state index in [0.29, 0.717) is 0 Å². The van der Waals surface area contributed by atoms with Crippen LogP contribution in [-0.4, -0.2) is 21.1 Å². The molecule has 6 heteroatoms. The predicted molar refractivity (Wildman–Crippen MR) is 96.2 cm³/mol. The van der Waals surface area contributed by atoms with Crippen molar-refractivity contribution in [2.75, 3.05) is 11.4 Å². The molecular formula is C17H16BrClN4. The summed E-state index contributed by atoms with van der Waals surface area (Å²) in [6.07, 6.45) is 5.96. The minimum atomic E-state index is 0.277. The van der Waals surface area contributed by atoms with Gasteiger partial charge in [-0.1, -0.05) is 29.3 Å². The van der Waals surface area contributed by atoms with E-state index in [2.05, 4.69) is 45.0 Å². The third-order valence-electron chi connectivity index (χ3n) is 4.37. The summed E-state index contributed by atoms with van der Waals surface area (Å²) < 4.78 is 2.68. The molecule has 0 N–H and O–H groups in total.